The van der Waals surface area contributed by atoms with Gasteiger partial charge in [0.15, 0.2) is 5.58 Å². The van der Waals surface area contributed by atoms with Crippen molar-refractivity contribution in [3.05, 3.63) is 64.9 Å². The van der Waals surface area contributed by atoms with E-state index in [0.717, 1.165) is 0 Å². The highest BCUT2D eigenvalue weighted by atomic mass is 16.4. The van der Waals surface area contributed by atoms with Crippen LogP contribution >= 0.6 is 0 Å². The lowest BCUT2D eigenvalue weighted by Gasteiger charge is -2.32. The monoisotopic (exact) mass is 380 g/mol. The Morgan fingerprint density at radius 2 is 1.82 bits per heavy atom. The van der Waals surface area contributed by atoms with E-state index >= 15 is 0 Å². The summed E-state index contributed by atoms with van der Waals surface area (Å²) in [7, 11) is 0. The molecule has 0 bridgehead atoms. The van der Waals surface area contributed by atoms with Crippen LogP contribution in [-0.4, -0.2) is 45.4 Å². The number of aromatic nitrogens is 2. The number of para-hydroxylation sites is 2. The zero-order valence-electron chi connectivity index (χ0n) is 15.2. The Kier molecular flexibility index (Phi) is 4.92. The molecule has 1 aliphatic rings. The average molecular weight is 380 g/mol. The van der Waals surface area contributed by atoms with Crippen LogP contribution < -0.4 is 11.1 Å². The summed E-state index contributed by atoms with van der Waals surface area (Å²) in [6, 6.07) is 10.4. The molecule has 1 aliphatic heterocycles. The van der Waals surface area contributed by atoms with Crippen LogP contribution in [0.15, 0.2) is 58.0 Å². The van der Waals surface area contributed by atoms with Crippen molar-refractivity contribution in [2.45, 2.75) is 25.4 Å². The number of amides is 2. The van der Waals surface area contributed by atoms with Gasteiger partial charge >= 0.3 is 5.76 Å². The van der Waals surface area contributed by atoms with Crippen molar-refractivity contribution >= 4 is 22.9 Å². The lowest BCUT2D eigenvalue weighted by atomic mass is 10.0. The van der Waals surface area contributed by atoms with E-state index in [9.17, 15) is 14.4 Å². The Hall–Kier alpha value is -3.42. The summed E-state index contributed by atoms with van der Waals surface area (Å²) >= 11 is 0. The Bertz CT molecular complexity index is 1050. The molecule has 2 amide bonds. The maximum atomic E-state index is 12.5. The van der Waals surface area contributed by atoms with Crippen LogP contribution in [0, 0.1) is 0 Å². The van der Waals surface area contributed by atoms with Gasteiger partial charge in [-0.15, -0.1) is 0 Å². The Labute approximate surface area is 160 Å². The molecule has 2 aromatic heterocycles. The molecule has 3 aromatic rings. The van der Waals surface area contributed by atoms with Crippen molar-refractivity contribution in [1.29, 1.82) is 0 Å². The minimum Gasteiger partial charge on any atom is -0.408 e. The third-order valence-electron chi connectivity index (χ3n) is 4.95. The van der Waals surface area contributed by atoms with Crippen LogP contribution in [0.25, 0.3) is 11.1 Å². The Morgan fingerprint density at radius 3 is 2.57 bits per heavy atom. The van der Waals surface area contributed by atoms with Gasteiger partial charge in [0.1, 0.15) is 6.54 Å². The first kappa shape index (κ1) is 18.0. The van der Waals surface area contributed by atoms with E-state index in [1.54, 1.807) is 53.7 Å². The highest BCUT2D eigenvalue weighted by Crippen LogP contribution is 2.15. The van der Waals surface area contributed by atoms with Gasteiger partial charge in [-0.3, -0.25) is 19.1 Å². The van der Waals surface area contributed by atoms with E-state index < -0.39 is 5.76 Å². The second kappa shape index (κ2) is 7.67. The highest BCUT2D eigenvalue weighted by Gasteiger charge is 2.25. The van der Waals surface area contributed by atoms with Crippen molar-refractivity contribution < 1.29 is 14.0 Å². The van der Waals surface area contributed by atoms with E-state index in [-0.39, 0.29) is 24.4 Å². The van der Waals surface area contributed by atoms with Crippen LogP contribution in [0.2, 0.25) is 0 Å². The second-order valence-electron chi connectivity index (χ2n) is 6.79. The molecule has 0 aliphatic carbocycles. The van der Waals surface area contributed by atoms with E-state index in [0.29, 0.717) is 42.6 Å². The SMILES string of the molecule is O=C(Cn1c(=O)oc2ccccc21)NC1CCN(C(=O)c2ccncc2)CC1. The smallest absolute Gasteiger partial charge is 0.408 e. The molecule has 28 heavy (non-hydrogen) atoms. The number of nitrogens with one attached hydrogen (secondary N) is 1. The largest absolute Gasteiger partial charge is 0.420 e. The predicted molar refractivity (Wildman–Crippen MR) is 102 cm³/mol. The molecular formula is C20H20N4O4. The van der Waals surface area contributed by atoms with Gasteiger partial charge in [-0.05, 0) is 37.1 Å². The first-order valence-electron chi connectivity index (χ1n) is 9.19. The number of hydrogen-bond acceptors (Lipinski definition) is 5. The molecule has 0 atom stereocenters. The molecule has 1 saturated heterocycles. The van der Waals surface area contributed by atoms with Gasteiger partial charge in [0.2, 0.25) is 5.91 Å². The third-order valence-corrected chi connectivity index (χ3v) is 4.95. The van der Waals surface area contributed by atoms with Gasteiger partial charge < -0.3 is 14.6 Å². The van der Waals surface area contributed by atoms with Gasteiger partial charge in [-0.25, -0.2) is 4.79 Å². The average Bonchev–Trinajstić information content (AvgIpc) is 3.04. The first-order valence-corrected chi connectivity index (χ1v) is 9.19. The molecule has 8 nitrogen and oxygen atoms in total. The van der Waals surface area contributed by atoms with Crippen molar-refractivity contribution in [1.82, 2.24) is 19.8 Å². The summed E-state index contributed by atoms with van der Waals surface area (Å²) in [6.07, 6.45) is 4.54. The Balaban J connectivity index is 1.33. The minimum atomic E-state index is -0.547. The summed E-state index contributed by atoms with van der Waals surface area (Å²) in [6.45, 7) is 1.05. The quantitative estimate of drug-likeness (QED) is 0.738. The number of fused-ring (bicyclic) bond motifs is 1. The highest BCUT2D eigenvalue weighted by molar-refractivity contribution is 5.94. The number of oxazole rings is 1. The number of nitrogens with zero attached hydrogens (tertiary/aromatic N) is 3. The Morgan fingerprint density at radius 1 is 1.11 bits per heavy atom. The molecule has 4 rings (SSSR count). The summed E-state index contributed by atoms with van der Waals surface area (Å²) < 4.78 is 6.48. The fraction of sp³-hybridized carbons (Fsp3) is 0.300. The molecule has 0 saturated carbocycles. The van der Waals surface area contributed by atoms with Gasteiger partial charge in [0.25, 0.3) is 5.91 Å². The van der Waals surface area contributed by atoms with Crippen molar-refractivity contribution in [3.8, 4) is 0 Å². The number of carbonyl (C=O) groups excluding carboxylic acids is 2. The van der Waals surface area contributed by atoms with Gasteiger partial charge in [-0.1, -0.05) is 12.1 Å². The van der Waals surface area contributed by atoms with Gasteiger partial charge in [0, 0.05) is 37.1 Å². The van der Waals surface area contributed by atoms with Gasteiger partial charge in [-0.2, -0.15) is 0 Å². The van der Waals surface area contributed by atoms with E-state index in [1.165, 1.54) is 4.57 Å². The van der Waals surface area contributed by atoms with Crippen LogP contribution in [0.5, 0.6) is 0 Å². The normalized spacial score (nSPS) is 14.9. The fourth-order valence-corrected chi connectivity index (χ4v) is 3.48. The molecule has 144 valence electrons. The summed E-state index contributed by atoms with van der Waals surface area (Å²) in [5.74, 6) is -0.815. The molecule has 0 spiro atoms. The molecule has 1 aromatic carbocycles. The number of rotatable bonds is 4. The van der Waals surface area contributed by atoms with Crippen molar-refractivity contribution in [2.75, 3.05) is 13.1 Å². The third kappa shape index (κ3) is 3.66. The summed E-state index contributed by atoms with van der Waals surface area (Å²) in [4.78, 5) is 42.6. The first-order chi connectivity index (χ1) is 13.6. The summed E-state index contributed by atoms with van der Waals surface area (Å²) in [5, 5.41) is 2.96. The van der Waals surface area contributed by atoms with Crippen LogP contribution in [0.3, 0.4) is 0 Å². The topological polar surface area (TPSA) is 97.4 Å². The van der Waals surface area contributed by atoms with Crippen LogP contribution in [-0.2, 0) is 11.3 Å². The second-order valence-corrected chi connectivity index (χ2v) is 6.79. The number of piperidine rings is 1. The maximum absolute atomic E-state index is 12.5. The molecule has 1 N–H and O–H groups in total. The van der Waals surface area contributed by atoms with Crippen molar-refractivity contribution in [3.63, 3.8) is 0 Å². The lowest BCUT2D eigenvalue weighted by Crippen LogP contribution is -2.47. The zero-order chi connectivity index (χ0) is 19.5. The molecule has 0 radical (unpaired) electrons. The molecule has 8 heteroatoms. The standard InChI is InChI=1S/C20H20N4O4/c25-18(13-24-16-3-1-2-4-17(16)28-20(24)27)22-15-7-11-23(12-8-15)19(26)14-5-9-21-10-6-14/h1-6,9-10,15H,7-8,11-13H2,(H,22,25). The lowest BCUT2D eigenvalue weighted by molar-refractivity contribution is -0.122. The zero-order valence-corrected chi connectivity index (χ0v) is 15.2. The maximum Gasteiger partial charge on any atom is 0.420 e. The molecule has 1 fully saturated rings. The van der Waals surface area contributed by atoms with Crippen molar-refractivity contribution in [2.24, 2.45) is 0 Å². The molecule has 3 heterocycles. The number of likely N-dealkylation sites (tertiary alicyclic amines) is 1. The number of benzene rings is 1. The van der Waals surface area contributed by atoms with Crippen LogP contribution in [0.4, 0.5) is 0 Å². The fourth-order valence-electron chi connectivity index (χ4n) is 3.48. The molecule has 0 unspecified atom stereocenters. The summed E-state index contributed by atoms with van der Waals surface area (Å²) in [5.41, 5.74) is 1.67. The van der Waals surface area contributed by atoms with E-state index in [2.05, 4.69) is 10.3 Å². The number of carbonyl (C=O) groups is 2. The number of hydrogen-bond donors (Lipinski definition) is 1. The predicted octanol–water partition coefficient (Wildman–Crippen LogP) is 1.41. The van der Waals surface area contributed by atoms with Crippen LogP contribution in [0.1, 0.15) is 23.2 Å². The van der Waals surface area contributed by atoms with Gasteiger partial charge in [0.05, 0.1) is 5.52 Å². The number of pyridine rings is 1. The van der Waals surface area contributed by atoms with E-state index in [4.69, 9.17) is 4.42 Å². The minimum absolute atomic E-state index is 0.0244. The van der Waals surface area contributed by atoms with E-state index in [1.807, 2.05) is 0 Å². The molecular weight excluding hydrogens is 360 g/mol.